The first-order valence-electron chi connectivity index (χ1n) is 8.01. The van der Waals surface area contributed by atoms with Gasteiger partial charge >= 0.3 is 0 Å². The van der Waals surface area contributed by atoms with Crippen LogP contribution in [-0.4, -0.2) is 37.5 Å². The number of amides is 1. The van der Waals surface area contributed by atoms with E-state index in [1.165, 1.54) is 32.1 Å². The van der Waals surface area contributed by atoms with E-state index < -0.39 is 0 Å². The number of rotatable bonds is 4. The standard InChI is InChI=1S/C16H28N2O/c1-10(9-17-2)16(19)18(3)15-13-5-11-4-12(7-13)8-14(15)6-11/h10-15,17H,4-9H2,1-3H3. The summed E-state index contributed by atoms with van der Waals surface area (Å²) in [6, 6.07) is 0.541. The van der Waals surface area contributed by atoms with E-state index in [0.717, 1.165) is 30.2 Å². The predicted molar refractivity (Wildman–Crippen MR) is 76.7 cm³/mol. The van der Waals surface area contributed by atoms with Gasteiger partial charge in [0, 0.05) is 25.6 Å². The van der Waals surface area contributed by atoms with Gasteiger partial charge in [-0.25, -0.2) is 0 Å². The molecule has 1 N–H and O–H groups in total. The molecule has 0 aliphatic heterocycles. The van der Waals surface area contributed by atoms with Crippen LogP contribution in [0.3, 0.4) is 0 Å². The molecule has 0 spiro atoms. The van der Waals surface area contributed by atoms with Crippen LogP contribution < -0.4 is 5.32 Å². The lowest BCUT2D eigenvalue weighted by Crippen LogP contribution is -2.57. The number of hydrogen-bond acceptors (Lipinski definition) is 2. The molecule has 0 aromatic carbocycles. The van der Waals surface area contributed by atoms with Gasteiger partial charge in [0.1, 0.15) is 0 Å². The van der Waals surface area contributed by atoms with Crippen LogP contribution in [0, 0.1) is 29.6 Å². The minimum Gasteiger partial charge on any atom is -0.342 e. The fourth-order valence-corrected chi connectivity index (χ4v) is 5.42. The zero-order chi connectivity index (χ0) is 13.6. The molecule has 3 nitrogen and oxygen atoms in total. The Morgan fingerprint density at radius 1 is 1.16 bits per heavy atom. The Hall–Kier alpha value is -0.570. The van der Waals surface area contributed by atoms with Gasteiger partial charge in [0.15, 0.2) is 0 Å². The first kappa shape index (κ1) is 13.4. The Bertz CT molecular complexity index is 327. The Morgan fingerprint density at radius 2 is 1.68 bits per heavy atom. The number of nitrogens with one attached hydrogen (secondary N) is 1. The van der Waals surface area contributed by atoms with Crippen molar-refractivity contribution in [3.8, 4) is 0 Å². The average molecular weight is 264 g/mol. The molecule has 4 bridgehead atoms. The first-order chi connectivity index (χ1) is 9.10. The summed E-state index contributed by atoms with van der Waals surface area (Å²) in [6.07, 6.45) is 7.02. The first-order valence-corrected chi connectivity index (χ1v) is 8.01. The third-order valence-electron chi connectivity index (χ3n) is 5.90. The zero-order valence-corrected chi connectivity index (χ0v) is 12.6. The molecule has 1 atom stereocenters. The lowest BCUT2D eigenvalue weighted by molar-refractivity contribution is -0.144. The van der Waals surface area contributed by atoms with E-state index in [9.17, 15) is 4.79 Å². The molecule has 4 fully saturated rings. The smallest absolute Gasteiger partial charge is 0.226 e. The van der Waals surface area contributed by atoms with Gasteiger partial charge in [-0.05, 0) is 62.8 Å². The number of carbonyl (C=O) groups is 1. The van der Waals surface area contributed by atoms with Crippen molar-refractivity contribution >= 4 is 5.91 Å². The van der Waals surface area contributed by atoms with E-state index in [-0.39, 0.29) is 5.92 Å². The van der Waals surface area contributed by atoms with Crippen molar-refractivity contribution < 1.29 is 4.79 Å². The highest BCUT2D eigenvalue weighted by atomic mass is 16.2. The van der Waals surface area contributed by atoms with E-state index in [0.29, 0.717) is 11.9 Å². The van der Waals surface area contributed by atoms with Crippen molar-refractivity contribution in [2.75, 3.05) is 20.6 Å². The normalized spacial score (nSPS) is 41.3. The molecule has 108 valence electrons. The molecular formula is C16H28N2O. The number of carbonyl (C=O) groups excluding carboxylic acids is 1. The van der Waals surface area contributed by atoms with Crippen LogP contribution in [0.4, 0.5) is 0 Å². The van der Waals surface area contributed by atoms with E-state index in [2.05, 4.69) is 17.3 Å². The third-order valence-corrected chi connectivity index (χ3v) is 5.90. The molecule has 0 saturated heterocycles. The Labute approximate surface area is 117 Å². The number of nitrogens with zero attached hydrogens (tertiary/aromatic N) is 1. The minimum absolute atomic E-state index is 0.104. The summed E-state index contributed by atoms with van der Waals surface area (Å²) < 4.78 is 0. The molecule has 0 radical (unpaired) electrons. The van der Waals surface area contributed by atoms with Gasteiger partial charge in [0.2, 0.25) is 5.91 Å². The van der Waals surface area contributed by atoms with Gasteiger partial charge in [0.05, 0.1) is 0 Å². The molecule has 0 heterocycles. The summed E-state index contributed by atoms with van der Waals surface area (Å²) in [5.74, 6) is 4.01. The maximum Gasteiger partial charge on any atom is 0.226 e. The third kappa shape index (κ3) is 2.31. The van der Waals surface area contributed by atoms with Crippen molar-refractivity contribution in [2.45, 2.75) is 45.1 Å². The average Bonchev–Trinajstić information content (AvgIpc) is 2.36. The summed E-state index contributed by atoms with van der Waals surface area (Å²) in [5.41, 5.74) is 0. The van der Waals surface area contributed by atoms with Crippen LogP contribution in [0.1, 0.15) is 39.0 Å². The lowest BCUT2D eigenvalue weighted by Gasteiger charge is -2.56. The second-order valence-corrected chi connectivity index (χ2v) is 7.33. The van der Waals surface area contributed by atoms with Crippen LogP contribution >= 0.6 is 0 Å². The van der Waals surface area contributed by atoms with Crippen LogP contribution in [0.5, 0.6) is 0 Å². The molecular weight excluding hydrogens is 236 g/mol. The van der Waals surface area contributed by atoms with Crippen LogP contribution in [0.15, 0.2) is 0 Å². The number of hydrogen-bond donors (Lipinski definition) is 1. The van der Waals surface area contributed by atoms with Gasteiger partial charge in [0.25, 0.3) is 0 Å². The summed E-state index contributed by atoms with van der Waals surface area (Å²) >= 11 is 0. The van der Waals surface area contributed by atoms with Crippen molar-refractivity contribution in [3.63, 3.8) is 0 Å². The fraction of sp³-hybridized carbons (Fsp3) is 0.938. The predicted octanol–water partition coefficient (Wildman–Crippen LogP) is 2.12. The van der Waals surface area contributed by atoms with E-state index in [4.69, 9.17) is 0 Å². The van der Waals surface area contributed by atoms with Crippen molar-refractivity contribution in [3.05, 3.63) is 0 Å². The summed E-state index contributed by atoms with van der Waals surface area (Å²) in [7, 11) is 3.98. The molecule has 0 aromatic heterocycles. The maximum atomic E-state index is 12.5. The highest BCUT2D eigenvalue weighted by Gasteiger charge is 2.50. The van der Waals surface area contributed by atoms with E-state index in [1.54, 1.807) is 0 Å². The van der Waals surface area contributed by atoms with Crippen LogP contribution in [0.25, 0.3) is 0 Å². The Balaban J connectivity index is 1.70. The molecule has 1 unspecified atom stereocenters. The largest absolute Gasteiger partial charge is 0.342 e. The quantitative estimate of drug-likeness (QED) is 0.843. The van der Waals surface area contributed by atoms with Gasteiger partial charge in [-0.1, -0.05) is 6.92 Å². The summed E-state index contributed by atoms with van der Waals surface area (Å²) in [5, 5.41) is 3.12. The lowest BCUT2D eigenvalue weighted by atomic mass is 9.54. The molecule has 19 heavy (non-hydrogen) atoms. The second-order valence-electron chi connectivity index (χ2n) is 7.33. The van der Waals surface area contributed by atoms with Crippen molar-refractivity contribution in [2.24, 2.45) is 29.6 Å². The fourth-order valence-electron chi connectivity index (χ4n) is 5.42. The summed E-state index contributed by atoms with van der Waals surface area (Å²) in [6.45, 7) is 2.84. The molecule has 4 saturated carbocycles. The molecule has 4 rings (SSSR count). The molecule has 1 amide bonds. The second kappa shape index (κ2) is 5.08. The molecule has 3 heteroatoms. The van der Waals surface area contributed by atoms with Crippen molar-refractivity contribution in [1.29, 1.82) is 0 Å². The zero-order valence-electron chi connectivity index (χ0n) is 12.6. The van der Waals surface area contributed by atoms with Crippen LogP contribution in [0.2, 0.25) is 0 Å². The molecule has 4 aliphatic carbocycles. The SMILES string of the molecule is CNCC(C)C(=O)N(C)C1C2CC3CC(C2)CC1C3. The topological polar surface area (TPSA) is 32.3 Å². The maximum absolute atomic E-state index is 12.5. The monoisotopic (exact) mass is 264 g/mol. The summed E-state index contributed by atoms with van der Waals surface area (Å²) in [4.78, 5) is 14.7. The van der Waals surface area contributed by atoms with Gasteiger partial charge in [-0.2, -0.15) is 0 Å². The highest BCUT2D eigenvalue weighted by Crippen LogP contribution is 2.55. The van der Waals surface area contributed by atoms with Gasteiger partial charge in [-0.3, -0.25) is 4.79 Å². The molecule has 0 aromatic rings. The van der Waals surface area contributed by atoms with E-state index >= 15 is 0 Å². The Kier molecular flexibility index (Phi) is 3.59. The van der Waals surface area contributed by atoms with Gasteiger partial charge < -0.3 is 10.2 Å². The van der Waals surface area contributed by atoms with Crippen molar-refractivity contribution in [1.82, 2.24) is 10.2 Å². The van der Waals surface area contributed by atoms with E-state index in [1.807, 2.05) is 14.0 Å². The Morgan fingerprint density at radius 3 is 2.16 bits per heavy atom. The van der Waals surface area contributed by atoms with Crippen LogP contribution in [-0.2, 0) is 4.79 Å². The highest BCUT2D eigenvalue weighted by molar-refractivity contribution is 5.78. The molecule has 4 aliphatic rings. The van der Waals surface area contributed by atoms with Gasteiger partial charge in [-0.15, -0.1) is 0 Å². The minimum atomic E-state index is 0.104.